The second kappa shape index (κ2) is 5.05. The molecule has 1 aromatic rings. The zero-order valence-electron chi connectivity index (χ0n) is 9.26. The van der Waals surface area contributed by atoms with Gasteiger partial charge < -0.3 is 23.7 Å². The van der Waals surface area contributed by atoms with Gasteiger partial charge in [0.05, 0.1) is 0 Å². The van der Waals surface area contributed by atoms with E-state index in [1.807, 2.05) is 12.1 Å². The first-order valence-electron chi connectivity index (χ1n) is 4.91. The smallest absolute Gasteiger partial charge is 0.231 e. The van der Waals surface area contributed by atoms with Gasteiger partial charge in [-0.1, -0.05) is 0 Å². The highest BCUT2D eigenvalue weighted by Crippen LogP contribution is 2.35. The van der Waals surface area contributed by atoms with Crippen LogP contribution in [0.15, 0.2) is 18.2 Å². The number of hydrogen-bond donors (Lipinski definition) is 0. The third kappa shape index (κ3) is 2.37. The normalized spacial score (nSPS) is 13.2. The van der Waals surface area contributed by atoms with Crippen LogP contribution in [0.3, 0.4) is 0 Å². The Labute approximate surface area is 93.8 Å². The third-order valence-corrected chi connectivity index (χ3v) is 2.26. The molecule has 0 N–H and O–H groups in total. The van der Waals surface area contributed by atoms with E-state index in [9.17, 15) is 0 Å². The van der Waals surface area contributed by atoms with E-state index in [0.717, 1.165) is 5.75 Å². The highest BCUT2D eigenvalue weighted by atomic mass is 16.7. The topological polar surface area (TPSA) is 46.2 Å². The van der Waals surface area contributed by atoms with Gasteiger partial charge in [-0.25, -0.2) is 0 Å². The monoisotopic (exact) mass is 226 g/mol. The third-order valence-electron chi connectivity index (χ3n) is 2.26. The van der Waals surface area contributed by atoms with Gasteiger partial charge in [-0.05, 0) is 12.1 Å². The van der Waals surface area contributed by atoms with E-state index in [0.29, 0.717) is 18.1 Å². The van der Waals surface area contributed by atoms with Crippen molar-refractivity contribution in [2.75, 3.05) is 27.6 Å². The van der Waals surface area contributed by atoms with Crippen LogP contribution in [-0.4, -0.2) is 33.9 Å². The van der Waals surface area contributed by atoms with E-state index in [1.165, 1.54) is 0 Å². The summed E-state index contributed by atoms with van der Waals surface area (Å²) in [5.41, 5.74) is 0. The fraction of sp³-hybridized carbons (Fsp3) is 0.455. The van der Waals surface area contributed by atoms with E-state index >= 15 is 0 Å². The maximum atomic E-state index is 5.49. The van der Waals surface area contributed by atoms with Gasteiger partial charge in [0.1, 0.15) is 12.4 Å². The Morgan fingerprint density at radius 1 is 1.19 bits per heavy atom. The first kappa shape index (κ1) is 11.0. The summed E-state index contributed by atoms with van der Waals surface area (Å²) in [7, 11) is 3.13. The SMILES string of the molecule is COC(COc1ccc2c(c1)OCO2)OC. The lowest BCUT2D eigenvalue weighted by Crippen LogP contribution is -2.21. The molecule has 0 unspecified atom stereocenters. The van der Waals surface area contributed by atoms with Crippen LogP contribution in [-0.2, 0) is 9.47 Å². The molecule has 1 aliphatic heterocycles. The molecule has 16 heavy (non-hydrogen) atoms. The van der Waals surface area contributed by atoms with E-state index in [1.54, 1.807) is 20.3 Å². The van der Waals surface area contributed by atoms with Crippen molar-refractivity contribution in [1.82, 2.24) is 0 Å². The summed E-state index contributed by atoms with van der Waals surface area (Å²) in [5, 5.41) is 0. The van der Waals surface area contributed by atoms with Gasteiger partial charge in [0.2, 0.25) is 6.79 Å². The molecule has 0 radical (unpaired) electrons. The molecule has 0 bridgehead atoms. The summed E-state index contributed by atoms with van der Waals surface area (Å²) < 4.78 is 25.9. The van der Waals surface area contributed by atoms with Crippen LogP contribution in [0.2, 0.25) is 0 Å². The molecule has 0 atom stereocenters. The average molecular weight is 226 g/mol. The molecular weight excluding hydrogens is 212 g/mol. The lowest BCUT2D eigenvalue weighted by molar-refractivity contribution is -0.121. The van der Waals surface area contributed by atoms with Crippen molar-refractivity contribution in [3.8, 4) is 17.2 Å². The fourth-order valence-corrected chi connectivity index (χ4v) is 1.36. The summed E-state index contributed by atoms with van der Waals surface area (Å²) in [4.78, 5) is 0. The Morgan fingerprint density at radius 3 is 2.69 bits per heavy atom. The predicted molar refractivity (Wildman–Crippen MR) is 55.9 cm³/mol. The van der Waals surface area contributed by atoms with Crippen molar-refractivity contribution < 1.29 is 23.7 Å². The molecule has 0 spiro atoms. The first-order valence-corrected chi connectivity index (χ1v) is 4.91. The molecule has 0 saturated heterocycles. The van der Waals surface area contributed by atoms with Crippen LogP contribution in [0.1, 0.15) is 0 Å². The zero-order valence-corrected chi connectivity index (χ0v) is 9.26. The van der Waals surface area contributed by atoms with Crippen LogP contribution in [0.4, 0.5) is 0 Å². The lowest BCUT2D eigenvalue weighted by atomic mass is 10.3. The highest BCUT2D eigenvalue weighted by molar-refractivity contribution is 5.46. The zero-order chi connectivity index (χ0) is 11.4. The van der Waals surface area contributed by atoms with Gasteiger partial charge in [0, 0.05) is 20.3 Å². The fourth-order valence-electron chi connectivity index (χ4n) is 1.36. The molecule has 88 valence electrons. The van der Waals surface area contributed by atoms with E-state index < -0.39 is 0 Å². The van der Waals surface area contributed by atoms with Crippen molar-refractivity contribution in [2.24, 2.45) is 0 Å². The Bertz CT molecular complexity index is 348. The minimum atomic E-state index is -0.370. The number of methoxy groups -OCH3 is 2. The standard InChI is InChI=1S/C11H14O5/c1-12-11(13-2)6-14-8-3-4-9-10(5-8)16-7-15-9/h3-5,11H,6-7H2,1-2H3. The molecule has 1 aliphatic rings. The van der Waals surface area contributed by atoms with Gasteiger partial charge >= 0.3 is 0 Å². The number of ether oxygens (including phenoxy) is 5. The van der Waals surface area contributed by atoms with Gasteiger partial charge in [-0.3, -0.25) is 0 Å². The molecule has 0 aromatic heterocycles. The van der Waals surface area contributed by atoms with Crippen LogP contribution in [0, 0.1) is 0 Å². The Morgan fingerprint density at radius 2 is 1.94 bits per heavy atom. The molecule has 1 aromatic carbocycles. The molecule has 0 aliphatic carbocycles. The Balaban J connectivity index is 1.95. The quantitative estimate of drug-likeness (QED) is 0.710. The summed E-state index contributed by atoms with van der Waals surface area (Å²) in [5.74, 6) is 2.13. The van der Waals surface area contributed by atoms with Crippen molar-refractivity contribution in [1.29, 1.82) is 0 Å². The van der Waals surface area contributed by atoms with Crippen molar-refractivity contribution in [3.63, 3.8) is 0 Å². The van der Waals surface area contributed by atoms with E-state index in [2.05, 4.69) is 0 Å². The number of benzene rings is 1. The number of rotatable bonds is 5. The van der Waals surface area contributed by atoms with Crippen molar-refractivity contribution >= 4 is 0 Å². The lowest BCUT2D eigenvalue weighted by Gasteiger charge is -2.14. The van der Waals surface area contributed by atoms with E-state index in [4.69, 9.17) is 23.7 Å². The Kier molecular flexibility index (Phi) is 3.48. The van der Waals surface area contributed by atoms with Gasteiger partial charge in [-0.2, -0.15) is 0 Å². The average Bonchev–Trinajstić information content (AvgIpc) is 2.77. The van der Waals surface area contributed by atoms with Gasteiger partial charge in [0.15, 0.2) is 17.8 Å². The maximum absolute atomic E-state index is 5.49. The second-order valence-electron chi connectivity index (χ2n) is 3.23. The van der Waals surface area contributed by atoms with Gasteiger partial charge in [0.25, 0.3) is 0 Å². The largest absolute Gasteiger partial charge is 0.488 e. The van der Waals surface area contributed by atoms with Crippen molar-refractivity contribution in [3.05, 3.63) is 18.2 Å². The molecule has 1 heterocycles. The molecule has 5 heteroatoms. The summed E-state index contributed by atoms with van der Waals surface area (Å²) in [6.45, 7) is 0.587. The molecule has 5 nitrogen and oxygen atoms in total. The molecule has 2 rings (SSSR count). The second-order valence-corrected chi connectivity index (χ2v) is 3.23. The summed E-state index contributed by atoms with van der Waals surface area (Å²) in [6.07, 6.45) is -0.370. The highest BCUT2D eigenvalue weighted by Gasteiger charge is 2.14. The first-order chi connectivity index (χ1) is 7.83. The predicted octanol–water partition coefficient (Wildman–Crippen LogP) is 1.41. The number of hydrogen-bond acceptors (Lipinski definition) is 5. The molecule has 0 saturated carbocycles. The van der Waals surface area contributed by atoms with Crippen molar-refractivity contribution in [2.45, 2.75) is 6.29 Å². The molecule has 0 fully saturated rings. The van der Waals surface area contributed by atoms with Crippen LogP contribution in [0.5, 0.6) is 17.2 Å². The van der Waals surface area contributed by atoms with Crippen LogP contribution in [0.25, 0.3) is 0 Å². The van der Waals surface area contributed by atoms with E-state index in [-0.39, 0.29) is 13.1 Å². The maximum Gasteiger partial charge on any atom is 0.231 e. The minimum Gasteiger partial charge on any atom is -0.488 e. The molecular formula is C11H14O5. The van der Waals surface area contributed by atoms with Crippen LogP contribution >= 0.6 is 0 Å². The summed E-state index contributed by atoms with van der Waals surface area (Å²) >= 11 is 0. The minimum absolute atomic E-state index is 0.261. The van der Waals surface area contributed by atoms with Gasteiger partial charge in [-0.15, -0.1) is 0 Å². The molecule has 0 amide bonds. The van der Waals surface area contributed by atoms with Crippen LogP contribution < -0.4 is 14.2 Å². The Hall–Kier alpha value is -1.46. The number of fused-ring (bicyclic) bond motifs is 1. The summed E-state index contributed by atoms with van der Waals surface area (Å²) in [6, 6.07) is 5.41.